The van der Waals surface area contributed by atoms with Gasteiger partial charge in [-0.2, -0.15) is 0 Å². The number of rotatable bonds is 10. The largest absolute Gasteiger partial charge is 0.322 e. The molecule has 0 rings (SSSR count). The van der Waals surface area contributed by atoms with Crippen LogP contribution in [0.1, 0.15) is 52.4 Å². The lowest BCUT2D eigenvalue weighted by Gasteiger charge is -2.11. The third kappa shape index (κ3) is 10.4. The summed E-state index contributed by atoms with van der Waals surface area (Å²) in [6, 6.07) is 0. The first kappa shape index (κ1) is 14.3. The standard InChI is InChI=1S/C10H24NO2P/c1-3-5-7-9-12-14(11)13-10-8-6-4-2/h3-11H2,1-2H3. The highest BCUT2D eigenvalue weighted by Crippen LogP contribution is 2.28. The van der Waals surface area contributed by atoms with E-state index in [9.17, 15) is 0 Å². The Labute approximate surface area is 89.3 Å². The fraction of sp³-hybridized carbons (Fsp3) is 1.00. The van der Waals surface area contributed by atoms with Gasteiger partial charge < -0.3 is 9.05 Å². The van der Waals surface area contributed by atoms with E-state index in [0.29, 0.717) is 0 Å². The minimum atomic E-state index is -1.11. The van der Waals surface area contributed by atoms with Crippen LogP contribution in [-0.4, -0.2) is 13.2 Å². The molecule has 0 aliphatic heterocycles. The first-order valence-electron chi connectivity index (χ1n) is 5.61. The molecule has 0 radical (unpaired) electrons. The quantitative estimate of drug-likeness (QED) is 0.453. The Morgan fingerprint density at radius 2 is 1.29 bits per heavy atom. The van der Waals surface area contributed by atoms with Crippen molar-refractivity contribution >= 4 is 8.53 Å². The topological polar surface area (TPSA) is 44.5 Å². The molecule has 0 aliphatic carbocycles. The highest BCUT2D eigenvalue weighted by molar-refractivity contribution is 7.44. The van der Waals surface area contributed by atoms with Crippen molar-refractivity contribution in [3.63, 3.8) is 0 Å². The summed E-state index contributed by atoms with van der Waals surface area (Å²) >= 11 is 0. The van der Waals surface area contributed by atoms with Gasteiger partial charge in [0.25, 0.3) is 8.53 Å². The molecule has 0 saturated carbocycles. The molecule has 0 heterocycles. The van der Waals surface area contributed by atoms with E-state index >= 15 is 0 Å². The predicted octanol–water partition coefficient (Wildman–Crippen LogP) is 3.59. The van der Waals surface area contributed by atoms with Gasteiger partial charge in [0.2, 0.25) is 0 Å². The highest BCUT2D eigenvalue weighted by Gasteiger charge is 2.02. The summed E-state index contributed by atoms with van der Waals surface area (Å²) in [6.07, 6.45) is 7.01. The maximum Gasteiger partial charge on any atom is 0.252 e. The maximum atomic E-state index is 5.66. The van der Waals surface area contributed by atoms with E-state index in [1.807, 2.05) is 0 Å². The second-order valence-electron chi connectivity index (χ2n) is 3.37. The minimum Gasteiger partial charge on any atom is -0.322 e. The molecule has 0 saturated heterocycles. The molecular weight excluding hydrogens is 197 g/mol. The third-order valence-corrected chi connectivity index (χ3v) is 2.81. The van der Waals surface area contributed by atoms with Crippen molar-refractivity contribution in [2.75, 3.05) is 13.2 Å². The van der Waals surface area contributed by atoms with Crippen LogP contribution in [0, 0.1) is 0 Å². The van der Waals surface area contributed by atoms with Gasteiger partial charge in [-0.05, 0) is 12.8 Å². The van der Waals surface area contributed by atoms with Crippen molar-refractivity contribution in [3.05, 3.63) is 0 Å². The zero-order valence-electron chi connectivity index (χ0n) is 9.50. The Morgan fingerprint density at radius 3 is 1.64 bits per heavy atom. The average Bonchev–Trinajstić information content (AvgIpc) is 2.19. The zero-order valence-corrected chi connectivity index (χ0v) is 10.4. The number of hydrogen-bond acceptors (Lipinski definition) is 3. The fourth-order valence-corrected chi connectivity index (χ4v) is 1.74. The van der Waals surface area contributed by atoms with Crippen LogP contribution >= 0.6 is 8.53 Å². The van der Waals surface area contributed by atoms with Crippen molar-refractivity contribution in [1.82, 2.24) is 0 Å². The van der Waals surface area contributed by atoms with E-state index in [-0.39, 0.29) is 0 Å². The highest BCUT2D eigenvalue weighted by atomic mass is 31.2. The van der Waals surface area contributed by atoms with Crippen molar-refractivity contribution in [1.29, 1.82) is 0 Å². The van der Waals surface area contributed by atoms with Gasteiger partial charge in [-0.3, -0.25) is 5.50 Å². The Bertz CT molecular complexity index is 102. The van der Waals surface area contributed by atoms with Crippen LogP contribution in [-0.2, 0) is 9.05 Å². The summed E-state index contributed by atoms with van der Waals surface area (Å²) in [6.45, 7) is 5.83. The van der Waals surface area contributed by atoms with Gasteiger partial charge in [-0.1, -0.05) is 39.5 Å². The van der Waals surface area contributed by atoms with E-state index in [1.165, 1.54) is 25.7 Å². The Hall–Kier alpha value is 0.310. The van der Waals surface area contributed by atoms with Gasteiger partial charge in [0.05, 0.1) is 13.2 Å². The second kappa shape index (κ2) is 11.4. The summed E-state index contributed by atoms with van der Waals surface area (Å²) < 4.78 is 10.7. The number of hydrogen-bond donors (Lipinski definition) is 1. The van der Waals surface area contributed by atoms with Gasteiger partial charge >= 0.3 is 0 Å². The van der Waals surface area contributed by atoms with Crippen molar-refractivity contribution in [3.8, 4) is 0 Å². The van der Waals surface area contributed by atoms with Crippen molar-refractivity contribution < 1.29 is 9.05 Å². The SMILES string of the molecule is CCCCCOP(N)OCCCCC. The van der Waals surface area contributed by atoms with Crippen LogP contribution in [0.25, 0.3) is 0 Å². The zero-order chi connectivity index (χ0) is 10.6. The van der Waals surface area contributed by atoms with E-state index in [1.54, 1.807) is 0 Å². The molecule has 0 aromatic rings. The predicted molar refractivity (Wildman–Crippen MR) is 62.1 cm³/mol. The van der Waals surface area contributed by atoms with E-state index in [0.717, 1.165) is 26.1 Å². The molecule has 0 aromatic heterocycles. The van der Waals surface area contributed by atoms with Crippen LogP contribution in [0.3, 0.4) is 0 Å². The maximum absolute atomic E-state index is 5.66. The van der Waals surface area contributed by atoms with E-state index < -0.39 is 8.53 Å². The second-order valence-corrected chi connectivity index (χ2v) is 4.45. The third-order valence-electron chi connectivity index (χ3n) is 1.93. The summed E-state index contributed by atoms with van der Waals surface area (Å²) in [7, 11) is -1.11. The first-order valence-corrected chi connectivity index (χ1v) is 6.86. The number of nitrogens with two attached hydrogens (primary N) is 1. The van der Waals surface area contributed by atoms with Crippen LogP contribution in [0.5, 0.6) is 0 Å². The summed E-state index contributed by atoms with van der Waals surface area (Å²) in [5.41, 5.74) is 5.66. The molecule has 14 heavy (non-hydrogen) atoms. The molecule has 0 aromatic carbocycles. The normalized spacial score (nSPS) is 11.1. The van der Waals surface area contributed by atoms with Gasteiger partial charge in [-0.25, -0.2) is 0 Å². The number of unbranched alkanes of at least 4 members (excludes halogenated alkanes) is 4. The molecule has 0 spiro atoms. The molecular formula is C10H24NO2P. The Kier molecular flexibility index (Phi) is 11.6. The average molecular weight is 221 g/mol. The van der Waals surface area contributed by atoms with Crippen LogP contribution in [0.4, 0.5) is 0 Å². The fourth-order valence-electron chi connectivity index (χ4n) is 1.05. The molecule has 0 bridgehead atoms. The van der Waals surface area contributed by atoms with Gasteiger partial charge in [0.1, 0.15) is 0 Å². The van der Waals surface area contributed by atoms with Crippen molar-refractivity contribution in [2.45, 2.75) is 52.4 Å². The summed E-state index contributed by atoms with van der Waals surface area (Å²) in [4.78, 5) is 0. The molecule has 0 fully saturated rings. The lowest BCUT2D eigenvalue weighted by molar-refractivity contribution is 0.241. The Balaban J connectivity index is 3.07. The van der Waals surface area contributed by atoms with Crippen LogP contribution in [0.15, 0.2) is 0 Å². The smallest absolute Gasteiger partial charge is 0.252 e. The molecule has 2 N–H and O–H groups in total. The van der Waals surface area contributed by atoms with Gasteiger partial charge in [-0.15, -0.1) is 0 Å². The van der Waals surface area contributed by atoms with Crippen LogP contribution in [0.2, 0.25) is 0 Å². The van der Waals surface area contributed by atoms with Gasteiger partial charge in [0.15, 0.2) is 0 Å². The molecule has 0 amide bonds. The molecule has 3 nitrogen and oxygen atoms in total. The van der Waals surface area contributed by atoms with E-state index in [4.69, 9.17) is 14.6 Å². The lowest BCUT2D eigenvalue weighted by atomic mass is 10.3. The Morgan fingerprint density at radius 1 is 0.857 bits per heavy atom. The van der Waals surface area contributed by atoms with Crippen molar-refractivity contribution in [2.24, 2.45) is 5.50 Å². The molecule has 0 aliphatic rings. The first-order chi connectivity index (χ1) is 6.81. The monoisotopic (exact) mass is 221 g/mol. The summed E-state index contributed by atoms with van der Waals surface area (Å²) in [5, 5.41) is 0. The van der Waals surface area contributed by atoms with Crippen LogP contribution < -0.4 is 5.50 Å². The molecule has 86 valence electrons. The molecule has 0 atom stereocenters. The summed E-state index contributed by atoms with van der Waals surface area (Å²) in [5.74, 6) is 0. The molecule has 4 heteroatoms. The van der Waals surface area contributed by atoms with E-state index in [2.05, 4.69) is 13.8 Å². The molecule has 0 unspecified atom stereocenters. The van der Waals surface area contributed by atoms with Gasteiger partial charge in [0, 0.05) is 0 Å². The lowest BCUT2D eigenvalue weighted by Crippen LogP contribution is -2.01. The minimum absolute atomic E-state index is 0.740.